The normalized spacial score (nSPS) is 12.8. The van der Waals surface area contributed by atoms with Gasteiger partial charge in [0.05, 0.1) is 0 Å². The Bertz CT molecular complexity index is 351. The van der Waals surface area contributed by atoms with Gasteiger partial charge in [-0.05, 0) is 18.4 Å². The molecule has 3 nitrogen and oxygen atoms in total. The fourth-order valence-electron chi connectivity index (χ4n) is 1.95. The van der Waals surface area contributed by atoms with E-state index in [2.05, 4.69) is 0 Å². The first-order valence-corrected chi connectivity index (χ1v) is 6.60. The SMILES string of the molecule is CCC(CC)(c1ccccc1)P(=O)([O-])[O-]. The fraction of sp³-hybridized carbons (Fsp3) is 0.455. The summed E-state index contributed by atoms with van der Waals surface area (Å²) < 4.78 is 11.4. The number of rotatable bonds is 4. The van der Waals surface area contributed by atoms with E-state index in [-0.39, 0.29) is 0 Å². The lowest BCUT2D eigenvalue weighted by molar-refractivity contribution is -0.322. The molecule has 0 amide bonds. The molecule has 0 unspecified atom stereocenters. The molecule has 0 aliphatic rings. The number of hydrogen-bond acceptors (Lipinski definition) is 3. The molecule has 1 rings (SSSR count). The smallest absolute Gasteiger partial charge is 0.0224 e. The van der Waals surface area contributed by atoms with Crippen molar-refractivity contribution in [1.82, 2.24) is 0 Å². The van der Waals surface area contributed by atoms with Crippen molar-refractivity contribution in [3.05, 3.63) is 35.9 Å². The minimum absolute atomic E-state index is 0.317. The van der Waals surface area contributed by atoms with Crippen LogP contribution in [0.15, 0.2) is 30.3 Å². The van der Waals surface area contributed by atoms with Gasteiger partial charge in [-0.15, -0.1) is 0 Å². The van der Waals surface area contributed by atoms with Crippen LogP contribution in [0.5, 0.6) is 0 Å². The lowest BCUT2D eigenvalue weighted by Gasteiger charge is -2.49. The summed E-state index contributed by atoms with van der Waals surface area (Å²) in [6, 6.07) is 8.72. The third-order valence-electron chi connectivity index (χ3n) is 3.01. The average molecular weight is 226 g/mol. The van der Waals surface area contributed by atoms with E-state index in [4.69, 9.17) is 0 Å². The molecule has 0 heterocycles. The Morgan fingerprint density at radius 2 is 1.60 bits per heavy atom. The van der Waals surface area contributed by atoms with E-state index in [0.29, 0.717) is 18.4 Å². The van der Waals surface area contributed by atoms with Crippen molar-refractivity contribution in [3.63, 3.8) is 0 Å². The molecule has 0 radical (unpaired) electrons. The minimum Gasteiger partial charge on any atom is -0.810 e. The molecule has 0 atom stereocenters. The largest absolute Gasteiger partial charge is 0.810 e. The molecule has 0 aliphatic heterocycles. The van der Waals surface area contributed by atoms with Crippen molar-refractivity contribution in [2.45, 2.75) is 31.8 Å². The molecular formula is C11H15O3P-2. The Balaban J connectivity index is 3.31. The van der Waals surface area contributed by atoms with E-state index in [9.17, 15) is 14.4 Å². The molecule has 0 saturated carbocycles. The topological polar surface area (TPSA) is 63.2 Å². The van der Waals surface area contributed by atoms with Crippen LogP contribution >= 0.6 is 7.60 Å². The summed E-state index contributed by atoms with van der Waals surface area (Å²) in [5.41, 5.74) is 0.600. The van der Waals surface area contributed by atoms with Crippen molar-refractivity contribution in [1.29, 1.82) is 0 Å². The Kier molecular flexibility index (Phi) is 3.72. The van der Waals surface area contributed by atoms with Gasteiger partial charge in [-0.2, -0.15) is 0 Å². The second-order valence-corrected chi connectivity index (χ2v) is 5.45. The summed E-state index contributed by atoms with van der Waals surface area (Å²) in [6.45, 7) is 3.47. The van der Waals surface area contributed by atoms with E-state index < -0.39 is 12.8 Å². The van der Waals surface area contributed by atoms with Gasteiger partial charge >= 0.3 is 0 Å². The molecule has 0 N–H and O–H groups in total. The van der Waals surface area contributed by atoms with Crippen LogP contribution in [-0.2, 0) is 9.72 Å². The third kappa shape index (κ3) is 2.15. The van der Waals surface area contributed by atoms with Crippen molar-refractivity contribution in [2.75, 3.05) is 0 Å². The van der Waals surface area contributed by atoms with Crippen LogP contribution in [0.2, 0.25) is 0 Å². The van der Waals surface area contributed by atoms with Crippen molar-refractivity contribution in [3.8, 4) is 0 Å². The van der Waals surface area contributed by atoms with Crippen LogP contribution < -0.4 is 9.79 Å². The van der Waals surface area contributed by atoms with Crippen molar-refractivity contribution >= 4 is 7.60 Å². The molecule has 0 bridgehead atoms. The van der Waals surface area contributed by atoms with Crippen LogP contribution in [0, 0.1) is 0 Å². The first-order valence-electron chi connectivity index (χ1n) is 5.05. The first kappa shape index (κ1) is 12.4. The summed E-state index contributed by atoms with van der Waals surface area (Å²) in [7, 11) is -4.63. The van der Waals surface area contributed by atoms with Gasteiger partial charge in [0.25, 0.3) is 0 Å². The van der Waals surface area contributed by atoms with Gasteiger partial charge in [-0.25, -0.2) is 0 Å². The van der Waals surface area contributed by atoms with Crippen molar-refractivity contribution in [2.24, 2.45) is 0 Å². The Hall–Kier alpha value is -0.630. The molecular weight excluding hydrogens is 211 g/mol. The van der Waals surface area contributed by atoms with E-state index in [1.807, 2.05) is 0 Å². The minimum atomic E-state index is -4.63. The highest BCUT2D eigenvalue weighted by molar-refractivity contribution is 7.50. The third-order valence-corrected chi connectivity index (χ3v) is 4.94. The maximum absolute atomic E-state index is 11.4. The molecule has 0 saturated heterocycles. The van der Waals surface area contributed by atoms with Crippen LogP contribution in [0.1, 0.15) is 32.3 Å². The van der Waals surface area contributed by atoms with Gasteiger partial charge in [0.2, 0.25) is 0 Å². The molecule has 0 aromatic heterocycles. The highest BCUT2D eigenvalue weighted by Gasteiger charge is 2.31. The molecule has 15 heavy (non-hydrogen) atoms. The number of benzene rings is 1. The summed E-state index contributed by atoms with van der Waals surface area (Å²) in [5, 5.41) is -1.24. The Labute approximate surface area is 90.3 Å². The summed E-state index contributed by atoms with van der Waals surface area (Å²) in [5.74, 6) is 0. The van der Waals surface area contributed by atoms with Gasteiger partial charge in [0, 0.05) is 5.16 Å². The zero-order chi connectivity index (χ0) is 11.5. The molecule has 1 aromatic carbocycles. The first-order chi connectivity index (χ1) is 6.98. The van der Waals surface area contributed by atoms with Gasteiger partial charge in [-0.1, -0.05) is 51.8 Å². The summed E-state index contributed by atoms with van der Waals surface area (Å²) in [6.07, 6.45) is 0.635. The molecule has 1 aromatic rings. The van der Waals surface area contributed by atoms with Gasteiger partial charge in [0.15, 0.2) is 0 Å². The molecule has 0 fully saturated rings. The van der Waals surface area contributed by atoms with Crippen LogP contribution in [0.3, 0.4) is 0 Å². The second-order valence-electron chi connectivity index (χ2n) is 3.60. The quantitative estimate of drug-likeness (QED) is 0.733. The second kappa shape index (κ2) is 4.48. The zero-order valence-corrected chi connectivity index (χ0v) is 9.87. The average Bonchev–Trinajstić information content (AvgIpc) is 2.20. The van der Waals surface area contributed by atoms with Gasteiger partial charge in [-0.3, -0.25) is 0 Å². The predicted molar refractivity (Wildman–Crippen MR) is 56.3 cm³/mol. The summed E-state index contributed by atoms with van der Waals surface area (Å²) in [4.78, 5) is 22.8. The predicted octanol–water partition coefficient (Wildman–Crippen LogP) is 1.62. The van der Waals surface area contributed by atoms with Crippen molar-refractivity contribution < 1.29 is 14.4 Å². The summed E-state index contributed by atoms with van der Waals surface area (Å²) >= 11 is 0. The monoisotopic (exact) mass is 226 g/mol. The molecule has 0 aliphatic carbocycles. The van der Waals surface area contributed by atoms with E-state index in [1.54, 1.807) is 44.2 Å². The standard InChI is InChI=1S/C11H17O3P/c1-3-11(4-2,15(12,13)14)10-8-6-5-7-9-10/h5-9H,3-4H2,1-2H3,(H2,12,13,14)/p-2. The Morgan fingerprint density at radius 1 is 1.13 bits per heavy atom. The lowest BCUT2D eigenvalue weighted by atomic mass is 9.93. The van der Waals surface area contributed by atoms with Crippen LogP contribution in [0.25, 0.3) is 0 Å². The molecule has 0 spiro atoms. The van der Waals surface area contributed by atoms with Gasteiger partial charge < -0.3 is 14.4 Å². The van der Waals surface area contributed by atoms with E-state index >= 15 is 0 Å². The molecule has 84 valence electrons. The highest BCUT2D eigenvalue weighted by atomic mass is 31.2. The molecule has 4 heteroatoms. The lowest BCUT2D eigenvalue weighted by Crippen LogP contribution is -2.36. The van der Waals surface area contributed by atoms with E-state index in [0.717, 1.165) is 0 Å². The number of hydrogen-bond donors (Lipinski definition) is 0. The van der Waals surface area contributed by atoms with E-state index in [1.165, 1.54) is 0 Å². The highest BCUT2D eigenvalue weighted by Crippen LogP contribution is 2.54. The Morgan fingerprint density at radius 3 is 1.93 bits per heavy atom. The van der Waals surface area contributed by atoms with Gasteiger partial charge in [0.1, 0.15) is 0 Å². The fourth-order valence-corrected chi connectivity index (χ4v) is 3.19. The van der Waals surface area contributed by atoms with Crippen LogP contribution in [-0.4, -0.2) is 0 Å². The van der Waals surface area contributed by atoms with Crippen LogP contribution in [0.4, 0.5) is 0 Å². The zero-order valence-electron chi connectivity index (χ0n) is 8.97. The maximum atomic E-state index is 11.4. The maximum Gasteiger partial charge on any atom is 0.0224 e.